The second-order valence-electron chi connectivity index (χ2n) is 24.2. The van der Waals surface area contributed by atoms with Crippen LogP contribution in [0, 0.1) is 0 Å². The summed E-state index contributed by atoms with van der Waals surface area (Å²) in [4.78, 5) is 228. The molecule has 1 heterocycles. The fourth-order valence-electron chi connectivity index (χ4n) is 9.82. The van der Waals surface area contributed by atoms with Crippen LogP contribution < -0.4 is 120 Å². The maximum absolute atomic E-state index is 15.0. The highest BCUT2D eigenvalue weighted by Gasteiger charge is 2.41. The number of thioether (sulfide) groups is 1. The zero-order chi connectivity index (χ0) is 76.8. The van der Waals surface area contributed by atoms with Crippen LogP contribution in [-0.4, -0.2) is 235 Å². The summed E-state index contributed by atoms with van der Waals surface area (Å²) in [6.45, 7) is 3.28. The van der Waals surface area contributed by atoms with Gasteiger partial charge in [-0.05, 0) is 102 Å². The number of hydrogen-bond donors (Lipinski definition) is 22. The molecule has 0 unspecified atom stereocenters. The number of aliphatic hydroxyl groups is 1. The van der Waals surface area contributed by atoms with E-state index >= 15 is 0 Å². The number of nitrogens with two attached hydrogens (primary N) is 8. The largest absolute Gasteiger partial charge is 0.492 e. The normalized spacial score (nSPS) is 19.8. The number of unbranched alkanes of at least 4 members (excludes halogenated alkanes) is 2. The van der Waals surface area contributed by atoms with E-state index < -0.39 is 224 Å². The fourth-order valence-corrected chi connectivity index (χ4v) is 10.9. The van der Waals surface area contributed by atoms with Gasteiger partial charge in [0.1, 0.15) is 78.3 Å². The van der Waals surface area contributed by atoms with E-state index in [9.17, 15) is 86.6 Å². The molecule has 0 aliphatic carbocycles. The van der Waals surface area contributed by atoms with Crippen molar-refractivity contribution in [3.63, 3.8) is 0 Å². The highest BCUT2D eigenvalue weighted by molar-refractivity contribution is 7.99. The van der Waals surface area contributed by atoms with Crippen molar-refractivity contribution in [1.82, 2.24) is 69.1 Å². The van der Waals surface area contributed by atoms with Crippen molar-refractivity contribution in [2.75, 3.05) is 57.4 Å². The third-order valence-electron chi connectivity index (χ3n) is 15.4. The average Bonchev–Trinajstić information content (AvgIpc) is 0.835. The molecule has 41 heteroatoms. The summed E-state index contributed by atoms with van der Waals surface area (Å²) >= 11 is 0.901. The van der Waals surface area contributed by atoms with Crippen LogP contribution in [0.15, 0.2) is 24.3 Å². The van der Waals surface area contributed by atoms with Crippen LogP contribution in [0.25, 0.3) is 0 Å². The minimum absolute atomic E-state index is 0.124. The molecule has 1 aromatic carbocycles. The molecule has 40 nitrogen and oxygen atoms in total. The smallest absolute Gasteiger partial charge is 0.246 e. The number of primary amides is 4. The third-order valence-corrected chi connectivity index (χ3v) is 16.5. The molecule has 1 aromatic rings. The average molecular weight is 1460 g/mol. The van der Waals surface area contributed by atoms with Crippen molar-refractivity contribution in [2.24, 2.45) is 45.9 Å². The van der Waals surface area contributed by atoms with E-state index in [0.717, 1.165) is 25.6 Å². The van der Waals surface area contributed by atoms with Gasteiger partial charge >= 0.3 is 0 Å². The Bertz CT molecular complexity index is 3100. The summed E-state index contributed by atoms with van der Waals surface area (Å²) in [5, 5.41) is 42.4. The minimum Gasteiger partial charge on any atom is -0.492 e. The number of amides is 17. The van der Waals surface area contributed by atoms with Gasteiger partial charge in [0.15, 0.2) is 0 Å². The van der Waals surface area contributed by atoms with Crippen molar-refractivity contribution in [3.8, 4) is 5.75 Å². The predicted octanol–water partition coefficient (Wildman–Crippen LogP) is -10.8. The van der Waals surface area contributed by atoms with E-state index in [1.54, 1.807) is 0 Å². The number of benzene rings is 1. The van der Waals surface area contributed by atoms with Crippen LogP contribution in [-0.2, 0) is 87.9 Å². The van der Waals surface area contributed by atoms with Gasteiger partial charge < -0.3 is 125 Å². The van der Waals surface area contributed by atoms with E-state index in [1.807, 2.05) is 0 Å². The molecule has 30 N–H and O–H groups in total. The van der Waals surface area contributed by atoms with E-state index in [2.05, 4.69) is 69.1 Å². The molecule has 1 saturated heterocycles. The Labute approximate surface area is 592 Å². The lowest BCUT2D eigenvalue weighted by Gasteiger charge is -2.33. The minimum atomic E-state index is -1.98. The lowest BCUT2D eigenvalue weighted by atomic mass is 9.92. The molecule has 0 aromatic heterocycles. The maximum atomic E-state index is 15.0. The van der Waals surface area contributed by atoms with Gasteiger partial charge in [-0.3, -0.25) is 81.5 Å². The molecule has 0 spiro atoms. The van der Waals surface area contributed by atoms with Crippen molar-refractivity contribution in [2.45, 2.75) is 183 Å². The van der Waals surface area contributed by atoms with Gasteiger partial charge in [0.05, 0.1) is 19.1 Å². The van der Waals surface area contributed by atoms with Gasteiger partial charge in [-0.15, -0.1) is 0 Å². The molecular formula is C61H101N21O19S. The van der Waals surface area contributed by atoms with E-state index in [4.69, 9.17) is 50.6 Å². The SMILES string of the molecule is CC(=O)NCCCC[C@H](NC(=O)[C@](C)(CCCCN)NC(=O)[C@H](CN)NC(=O)[C@H](Cc1ccc(OCCN)cc1)NC(=O)[C@@H]1CSCC[C@H](NC(C)=O)C(=O)N[C@@H](CCC(N)=O)C(=O)N[C@@H]([C@@H](C)O)C(=O)N[C@@H](CN)C(=O)N[C@@H](CCC(N)=O)C(=O)N1)C(=O)N[C@@H](CC(N)=O)C(=O)NCC(N)=O. The molecule has 102 heavy (non-hydrogen) atoms. The third kappa shape index (κ3) is 33.1. The molecule has 1 aliphatic heterocycles. The van der Waals surface area contributed by atoms with Gasteiger partial charge in [-0.25, -0.2) is 0 Å². The number of rotatable bonds is 39. The number of hydrogen-bond acceptors (Lipinski definition) is 24. The topological polar surface area (TPSA) is 684 Å². The predicted molar refractivity (Wildman–Crippen MR) is 366 cm³/mol. The summed E-state index contributed by atoms with van der Waals surface area (Å²) in [5.41, 5.74) is 43.3. The van der Waals surface area contributed by atoms with E-state index in [0.29, 0.717) is 17.7 Å². The number of nitrogens with one attached hydrogen (secondary N) is 13. The second kappa shape index (κ2) is 45.8. The van der Waals surface area contributed by atoms with Crippen LogP contribution in [0.1, 0.15) is 110 Å². The summed E-state index contributed by atoms with van der Waals surface area (Å²) in [6, 6.07) is -10.7. The molecule has 1 fully saturated rings. The van der Waals surface area contributed by atoms with Gasteiger partial charge in [-0.1, -0.05) is 12.1 Å². The Morgan fingerprint density at radius 1 is 0.618 bits per heavy atom. The summed E-state index contributed by atoms with van der Waals surface area (Å²) < 4.78 is 5.61. The Morgan fingerprint density at radius 3 is 1.75 bits per heavy atom. The summed E-state index contributed by atoms with van der Waals surface area (Å²) in [6.07, 6.45) is -4.54. The Hall–Kier alpha value is -9.84. The molecule has 2 rings (SSSR count). The number of carbonyl (C=O) groups is 17. The monoisotopic (exact) mass is 1460 g/mol. The molecule has 1 aliphatic rings. The quantitative estimate of drug-likeness (QED) is 0.0272. The molecule has 0 bridgehead atoms. The first-order valence-corrected chi connectivity index (χ1v) is 34.0. The van der Waals surface area contributed by atoms with Gasteiger partial charge in [-0.2, -0.15) is 11.8 Å². The van der Waals surface area contributed by atoms with Crippen LogP contribution in [0.3, 0.4) is 0 Å². The van der Waals surface area contributed by atoms with Gasteiger partial charge in [0.25, 0.3) is 0 Å². The number of carbonyl (C=O) groups excluding carboxylic acids is 17. The number of aliphatic hydroxyl groups excluding tert-OH is 1. The summed E-state index contributed by atoms with van der Waals surface area (Å²) in [5.74, 6) is -17.1. The lowest BCUT2D eigenvalue weighted by Crippen LogP contribution is -2.65. The van der Waals surface area contributed by atoms with Crippen LogP contribution in [0.5, 0.6) is 5.75 Å². The molecule has 0 radical (unpaired) electrons. The Balaban J connectivity index is 2.82. The van der Waals surface area contributed by atoms with Gasteiger partial charge in [0.2, 0.25) is 100 Å². The molecule has 570 valence electrons. The van der Waals surface area contributed by atoms with Crippen molar-refractivity contribution >= 4 is 112 Å². The Kier molecular flexibility index (Phi) is 39.6. The first kappa shape index (κ1) is 88.2. The van der Waals surface area contributed by atoms with Gasteiger partial charge in [0, 0.05) is 65.0 Å². The standard InChI is InChI=1S/C61H101N21O19S/c1-31(83)49-59(99)78-42(27-64)56(96)74-37(14-16-45(66)86)52(92)79-44(30-102-24-18-39(72-33(3)85)53(93)73-38(54(94)81-49)15-17-46(67)87)57(97)75-40(25-34-10-12-35(13-11-34)101-23-21-63)55(95)77-43(28-65)58(98)82-61(4,19-6-7-20-62)60(100)80-36(9-5-8-22-70-32(2)84)51(91)76-41(26-47(68)88)50(90)71-29-48(69)89/h10-13,31,36-44,49,83H,5-9,14-30,62-65H2,1-4H3,(H2,66,86)(H2,67,87)(H2,68,88)(H2,69,89)(H,70,84)(H,71,90)(H,72,85)(H,73,93)(H,74,96)(H,75,97)(H,76,91)(H,77,95)(H,78,99)(H,79,92)(H,80,100)(H,81,94)(H,82,98)/t31-,36+,37+,38+,39+,40+,41+,42+,43+,44+,49+,61+/m1/s1. The molecular weight excluding hydrogens is 1360 g/mol. The van der Waals surface area contributed by atoms with Crippen LogP contribution >= 0.6 is 11.8 Å². The lowest BCUT2D eigenvalue weighted by molar-refractivity contribution is -0.138. The fraction of sp³-hybridized carbons (Fsp3) is 0.623. The second-order valence-corrected chi connectivity index (χ2v) is 25.3. The maximum Gasteiger partial charge on any atom is 0.246 e. The zero-order valence-electron chi connectivity index (χ0n) is 57.5. The van der Waals surface area contributed by atoms with Crippen molar-refractivity contribution in [1.29, 1.82) is 0 Å². The van der Waals surface area contributed by atoms with E-state index in [-0.39, 0.29) is 82.8 Å². The number of ether oxygens (including phenoxy) is 1. The van der Waals surface area contributed by atoms with Crippen molar-refractivity contribution in [3.05, 3.63) is 29.8 Å². The molecule has 12 atom stereocenters. The first-order valence-electron chi connectivity index (χ1n) is 32.8. The first-order chi connectivity index (χ1) is 48.1. The Morgan fingerprint density at radius 2 is 1.21 bits per heavy atom. The zero-order valence-corrected chi connectivity index (χ0v) is 58.4. The van der Waals surface area contributed by atoms with E-state index in [1.165, 1.54) is 38.1 Å². The van der Waals surface area contributed by atoms with Crippen LogP contribution in [0.4, 0.5) is 0 Å². The summed E-state index contributed by atoms with van der Waals surface area (Å²) in [7, 11) is 0. The molecule has 17 amide bonds. The highest BCUT2D eigenvalue weighted by Crippen LogP contribution is 2.19. The van der Waals surface area contributed by atoms with Crippen molar-refractivity contribution < 1.29 is 91.4 Å². The van der Waals surface area contributed by atoms with Crippen LogP contribution in [0.2, 0.25) is 0 Å². The highest BCUT2D eigenvalue weighted by atomic mass is 32.2. The molecule has 0 saturated carbocycles.